The van der Waals surface area contributed by atoms with Gasteiger partial charge in [0.25, 0.3) is 0 Å². The third-order valence-corrected chi connectivity index (χ3v) is 3.20. The highest BCUT2D eigenvalue weighted by Crippen LogP contribution is 2.07. The lowest BCUT2D eigenvalue weighted by molar-refractivity contribution is -0.132. The Hall–Kier alpha value is -1.89. The van der Waals surface area contributed by atoms with Crippen molar-refractivity contribution in [2.45, 2.75) is 20.8 Å². The minimum Gasteiger partial charge on any atom is -0.342 e. The Morgan fingerprint density at radius 1 is 1.29 bits per heavy atom. The van der Waals surface area contributed by atoms with Crippen LogP contribution in [0.5, 0.6) is 0 Å². The van der Waals surface area contributed by atoms with Gasteiger partial charge in [-0.2, -0.15) is 5.10 Å². The van der Waals surface area contributed by atoms with Gasteiger partial charge in [0, 0.05) is 26.2 Å². The molecule has 1 aromatic rings. The van der Waals surface area contributed by atoms with Crippen LogP contribution in [0.15, 0.2) is 6.07 Å². The molecule has 0 atom stereocenters. The molecule has 0 saturated heterocycles. The average Bonchev–Trinajstić information content (AvgIpc) is 2.68. The van der Waals surface area contributed by atoms with Crippen molar-refractivity contribution in [2.24, 2.45) is 7.05 Å². The molecule has 1 heterocycles. The van der Waals surface area contributed by atoms with Crippen LogP contribution in [0.2, 0.25) is 0 Å². The number of likely N-dealkylation sites (N-methyl/N-ethyl adjacent to an activating group) is 2. The minimum absolute atomic E-state index is 0.0340. The molecule has 0 bridgehead atoms. The lowest BCUT2D eigenvalue weighted by Gasteiger charge is -2.22. The van der Waals surface area contributed by atoms with Crippen molar-refractivity contribution in [2.75, 3.05) is 38.5 Å². The Labute approximate surface area is 125 Å². The average molecular weight is 295 g/mol. The van der Waals surface area contributed by atoms with Gasteiger partial charge in [-0.15, -0.1) is 0 Å². The monoisotopic (exact) mass is 295 g/mol. The second kappa shape index (κ2) is 7.78. The molecule has 118 valence electrons. The smallest absolute Gasteiger partial charge is 0.239 e. The minimum atomic E-state index is -0.159. The van der Waals surface area contributed by atoms with Gasteiger partial charge in [-0.1, -0.05) is 0 Å². The number of aromatic nitrogens is 2. The first-order chi connectivity index (χ1) is 9.87. The van der Waals surface area contributed by atoms with Crippen LogP contribution in [0.4, 0.5) is 5.82 Å². The van der Waals surface area contributed by atoms with Gasteiger partial charge in [0.2, 0.25) is 11.8 Å². The summed E-state index contributed by atoms with van der Waals surface area (Å²) in [6.07, 6.45) is 0. The van der Waals surface area contributed by atoms with Gasteiger partial charge in [0.15, 0.2) is 0 Å². The second-order valence-electron chi connectivity index (χ2n) is 5.08. The van der Waals surface area contributed by atoms with Crippen molar-refractivity contribution >= 4 is 17.6 Å². The maximum absolute atomic E-state index is 12.0. The maximum atomic E-state index is 12.0. The van der Waals surface area contributed by atoms with E-state index in [2.05, 4.69) is 10.4 Å². The molecule has 0 aromatic carbocycles. The Kier molecular flexibility index (Phi) is 6.36. The van der Waals surface area contributed by atoms with Crippen LogP contribution in [-0.2, 0) is 16.6 Å². The van der Waals surface area contributed by atoms with E-state index in [0.717, 1.165) is 5.69 Å². The molecule has 7 heteroatoms. The molecule has 0 fully saturated rings. The highest BCUT2D eigenvalue weighted by Gasteiger charge is 2.15. The number of anilines is 1. The second-order valence-corrected chi connectivity index (χ2v) is 5.08. The number of amides is 2. The predicted molar refractivity (Wildman–Crippen MR) is 82.0 cm³/mol. The van der Waals surface area contributed by atoms with Gasteiger partial charge in [0.05, 0.1) is 18.8 Å². The molecule has 0 spiro atoms. The van der Waals surface area contributed by atoms with Crippen molar-refractivity contribution in [1.29, 1.82) is 0 Å². The zero-order valence-electron chi connectivity index (χ0n) is 13.5. The van der Waals surface area contributed by atoms with Crippen LogP contribution in [0.3, 0.4) is 0 Å². The van der Waals surface area contributed by atoms with E-state index in [1.807, 2.05) is 20.8 Å². The topological polar surface area (TPSA) is 70.5 Å². The number of hydrogen-bond acceptors (Lipinski definition) is 4. The highest BCUT2D eigenvalue weighted by molar-refractivity contribution is 5.91. The van der Waals surface area contributed by atoms with Crippen LogP contribution in [0.25, 0.3) is 0 Å². The third-order valence-electron chi connectivity index (χ3n) is 3.20. The fourth-order valence-electron chi connectivity index (χ4n) is 2.12. The van der Waals surface area contributed by atoms with Crippen LogP contribution in [0.1, 0.15) is 19.5 Å². The van der Waals surface area contributed by atoms with Crippen LogP contribution < -0.4 is 5.32 Å². The maximum Gasteiger partial charge on any atom is 0.239 e. The number of carbonyl (C=O) groups excluding carboxylic acids is 2. The number of aryl methyl sites for hydroxylation is 2. The Morgan fingerprint density at radius 3 is 2.38 bits per heavy atom. The number of carbonyl (C=O) groups is 2. The zero-order chi connectivity index (χ0) is 16.0. The number of hydrogen-bond donors (Lipinski definition) is 1. The summed E-state index contributed by atoms with van der Waals surface area (Å²) in [5.41, 5.74) is 0.845. The van der Waals surface area contributed by atoms with E-state index in [0.29, 0.717) is 18.9 Å². The quantitative estimate of drug-likeness (QED) is 0.794. The molecule has 7 nitrogen and oxygen atoms in total. The van der Waals surface area contributed by atoms with E-state index in [1.165, 1.54) is 0 Å². The third kappa shape index (κ3) is 5.18. The Balaban J connectivity index is 2.47. The van der Waals surface area contributed by atoms with Gasteiger partial charge in [-0.05, 0) is 27.8 Å². The van der Waals surface area contributed by atoms with Crippen LogP contribution in [-0.4, -0.2) is 64.6 Å². The molecule has 21 heavy (non-hydrogen) atoms. The van der Waals surface area contributed by atoms with Crippen LogP contribution >= 0.6 is 0 Å². The lowest BCUT2D eigenvalue weighted by Crippen LogP contribution is -2.41. The largest absolute Gasteiger partial charge is 0.342 e. The summed E-state index contributed by atoms with van der Waals surface area (Å²) in [6, 6.07) is 1.80. The molecule has 1 rings (SSSR count). The SMILES string of the molecule is CCN(CC)C(=O)CN(C)CC(=O)Nc1cc(C)nn1C. The standard InChI is InChI=1S/C14H25N5O2/c1-6-19(7-2)14(21)10-17(4)9-13(20)15-12-8-11(3)16-18(12)5/h8H,6-7,9-10H2,1-5H3,(H,15,20). The normalized spacial score (nSPS) is 10.8. The molecular weight excluding hydrogens is 270 g/mol. The van der Waals surface area contributed by atoms with Crippen molar-refractivity contribution in [3.8, 4) is 0 Å². The number of nitrogens with one attached hydrogen (secondary N) is 1. The van der Waals surface area contributed by atoms with Gasteiger partial charge in [0.1, 0.15) is 5.82 Å². The predicted octanol–water partition coefficient (Wildman–Crippen LogP) is 0.467. The van der Waals surface area contributed by atoms with Gasteiger partial charge >= 0.3 is 0 Å². The summed E-state index contributed by atoms with van der Waals surface area (Å²) in [5, 5.41) is 6.95. The summed E-state index contributed by atoms with van der Waals surface area (Å²) >= 11 is 0. The summed E-state index contributed by atoms with van der Waals surface area (Å²) < 4.78 is 1.62. The Morgan fingerprint density at radius 2 is 1.90 bits per heavy atom. The van der Waals surface area contributed by atoms with Gasteiger partial charge < -0.3 is 10.2 Å². The van der Waals surface area contributed by atoms with Gasteiger partial charge in [-0.25, -0.2) is 0 Å². The lowest BCUT2D eigenvalue weighted by atomic mass is 10.4. The Bertz CT molecular complexity index is 494. The molecular formula is C14H25N5O2. The summed E-state index contributed by atoms with van der Waals surface area (Å²) in [4.78, 5) is 27.4. The van der Waals surface area contributed by atoms with E-state index in [9.17, 15) is 9.59 Å². The molecule has 0 saturated carbocycles. The van der Waals surface area contributed by atoms with E-state index >= 15 is 0 Å². The van der Waals surface area contributed by atoms with Crippen molar-refractivity contribution in [3.05, 3.63) is 11.8 Å². The van der Waals surface area contributed by atoms with Crippen molar-refractivity contribution in [1.82, 2.24) is 19.6 Å². The first-order valence-electron chi connectivity index (χ1n) is 7.14. The highest BCUT2D eigenvalue weighted by atomic mass is 16.2. The molecule has 0 unspecified atom stereocenters. The molecule has 0 aliphatic heterocycles. The van der Waals surface area contributed by atoms with E-state index in [4.69, 9.17) is 0 Å². The zero-order valence-corrected chi connectivity index (χ0v) is 13.5. The van der Waals surface area contributed by atoms with Crippen molar-refractivity contribution < 1.29 is 9.59 Å². The molecule has 0 radical (unpaired) electrons. The van der Waals surface area contributed by atoms with E-state index < -0.39 is 0 Å². The number of rotatable bonds is 7. The van der Waals surface area contributed by atoms with Crippen molar-refractivity contribution in [3.63, 3.8) is 0 Å². The summed E-state index contributed by atoms with van der Waals surface area (Å²) in [6.45, 7) is 7.52. The number of nitrogens with zero attached hydrogens (tertiary/aromatic N) is 4. The summed E-state index contributed by atoms with van der Waals surface area (Å²) in [5.74, 6) is 0.528. The van der Waals surface area contributed by atoms with E-state index in [1.54, 1.807) is 34.6 Å². The first kappa shape index (κ1) is 17.2. The molecule has 2 amide bonds. The molecule has 1 aromatic heterocycles. The summed E-state index contributed by atoms with van der Waals surface area (Å²) in [7, 11) is 3.53. The van der Waals surface area contributed by atoms with E-state index in [-0.39, 0.29) is 24.9 Å². The fourth-order valence-corrected chi connectivity index (χ4v) is 2.12. The fraction of sp³-hybridized carbons (Fsp3) is 0.643. The molecule has 0 aliphatic rings. The van der Waals surface area contributed by atoms with Crippen LogP contribution in [0, 0.1) is 6.92 Å². The van der Waals surface area contributed by atoms with Gasteiger partial charge in [-0.3, -0.25) is 19.2 Å². The first-order valence-corrected chi connectivity index (χ1v) is 7.14. The molecule has 0 aliphatic carbocycles. The molecule has 1 N–H and O–H groups in total.